The second-order valence-corrected chi connectivity index (χ2v) is 8.73. The second-order valence-electron chi connectivity index (χ2n) is 8.73. The summed E-state index contributed by atoms with van der Waals surface area (Å²) >= 11 is 0. The van der Waals surface area contributed by atoms with Gasteiger partial charge in [0.15, 0.2) is 5.78 Å². The summed E-state index contributed by atoms with van der Waals surface area (Å²) in [6.45, 7) is 6.93. The third-order valence-corrected chi connectivity index (χ3v) is 6.59. The van der Waals surface area contributed by atoms with Crippen molar-refractivity contribution in [2.45, 2.75) is 38.6 Å². The Morgan fingerprint density at radius 3 is 2.68 bits per heavy atom. The molecule has 0 bridgehead atoms. The van der Waals surface area contributed by atoms with Gasteiger partial charge in [-0.1, -0.05) is 6.42 Å². The number of aromatic nitrogens is 1. The lowest BCUT2D eigenvalue weighted by atomic mass is 9.91. The number of ketones is 1. The van der Waals surface area contributed by atoms with E-state index in [1.807, 2.05) is 4.90 Å². The summed E-state index contributed by atoms with van der Waals surface area (Å²) in [5.74, 6) is 0.108. The minimum atomic E-state index is -0.0911. The highest BCUT2D eigenvalue weighted by Gasteiger charge is 2.30. The first-order chi connectivity index (χ1) is 15.0. The lowest BCUT2D eigenvalue weighted by Crippen LogP contribution is -2.55. The maximum Gasteiger partial charge on any atom is 0.236 e. The zero-order valence-corrected chi connectivity index (χ0v) is 18.3. The average molecular weight is 425 g/mol. The van der Waals surface area contributed by atoms with Gasteiger partial charge in [0.2, 0.25) is 5.91 Å². The van der Waals surface area contributed by atoms with E-state index in [1.54, 1.807) is 24.5 Å². The molecule has 3 heterocycles. The van der Waals surface area contributed by atoms with Crippen LogP contribution in [0.4, 0.5) is 5.69 Å². The number of hydrogen-bond donors (Lipinski definition) is 1. The predicted octanol–water partition coefficient (Wildman–Crippen LogP) is 1.60. The molecular weight excluding hydrogens is 392 g/mol. The number of amides is 1. The summed E-state index contributed by atoms with van der Waals surface area (Å²) in [6.07, 6.45) is 8.03. The van der Waals surface area contributed by atoms with Crippen molar-refractivity contribution in [2.24, 2.45) is 10.7 Å². The first-order valence-corrected chi connectivity index (χ1v) is 11.2. The fourth-order valence-electron chi connectivity index (χ4n) is 4.34. The van der Waals surface area contributed by atoms with Crippen LogP contribution in [0.3, 0.4) is 0 Å². The lowest BCUT2D eigenvalue weighted by molar-refractivity contribution is -0.134. The number of pyridine rings is 1. The standard InChI is InChI=1S/C23H32N6O2/c1-17(30)22-13-19(5-7-25-22)26-14-18-15-27(8-6-21(18)24)16-23(31)29-11-9-28(10-12-29)20-3-2-4-20/h5,7,13-14,20H,2-4,6,8-12,15-16,24H2,1H3. The second kappa shape index (κ2) is 9.70. The topological polar surface area (TPSA) is 95.1 Å². The van der Waals surface area contributed by atoms with Crippen LogP contribution in [0.2, 0.25) is 0 Å². The molecule has 0 atom stereocenters. The van der Waals surface area contributed by atoms with E-state index in [4.69, 9.17) is 5.73 Å². The fourth-order valence-corrected chi connectivity index (χ4v) is 4.34. The maximum absolute atomic E-state index is 12.8. The number of nitrogens with zero attached hydrogens (tertiary/aromatic N) is 5. The van der Waals surface area contributed by atoms with Gasteiger partial charge in [-0.15, -0.1) is 0 Å². The Morgan fingerprint density at radius 1 is 1.23 bits per heavy atom. The number of carbonyl (C=O) groups is 2. The first kappa shape index (κ1) is 21.6. The normalized spacial score (nSPS) is 21.5. The molecule has 1 aromatic heterocycles. The van der Waals surface area contributed by atoms with Gasteiger partial charge in [-0.2, -0.15) is 0 Å². The number of nitrogens with two attached hydrogens (primary N) is 1. The number of hydrogen-bond acceptors (Lipinski definition) is 7. The Balaban J connectivity index is 1.30. The summed E-state index contributed by atoms with van der Waals surface area (Å²) in [7, 11) is 0. The van der Waals surface area contributed by atoms with E-state index in [1.165, 1.54) is 26.2 Å². The molecule has 166 valence electrons. The molecule has 31 heavy (non-hydrogen) atoms. The molecular formula is C23H32N6O2. The molecule has 1 saturated carbocycles. The number of piperazine rings is 1. The molecule has 1 aromatic rings. The molecule has 2 aliphatic heterocycles. The van der Waals surface area contributed by atoms with E-state index in [2.05, 4.69) is 19.8 Å². The summed E-state index contributed by atoms with van der Waals surface area (Å²) in [6, 6.07) is 4.18. The highest BCUT2D eigenvalue weighted by atomic mass is 16.2. The Bertz CT molecular complexity index is 884. The highest BCUT2D eigenvalue weighted by molar-refractivity contribution is 5.93. The third-order valence-electron chi connectivity index (χ3n) is 6.59. The van der Waals surface area contributed by atoms with E-state index in [9.17, 15) is 9.59 Å². The van der Waals surface area contributed by atoms with Gasteiger partial charge in [0, 0.05) is 82.3 Å². The molecule has 8 heteroatoms. The quantitative estimate of drug-likeness (QED) is 0.551. The van der Waals surface area contributed by atoms with Gasteiger partial charge in [0.1, 0.15) is 5.69 Å². The van der Waals surface area contributed by atoms with Crippen LogP contribution in [0.15, 0.2) is 34.6 Å². The molecule has 2 fully saturated rings. The van der Waals surface area contributed by atoms with Crippen molar-refractivity contribution in [3.63, 3.8) is 0 Å². The van der Waals surface area contributed by atoms with Crippen molar-refractivity contribution in [3.05, 3.63) is 35.3 Å². The van der Waals surface area contributed by atoms with Crippen molar-refractivity contribution < 1.29 is 9.59 Å². The number of carbonyl (C=O) groups excluding carboxylic acids is 2. The van der Waals surface area contributed by atoms with Crippen molar-refractivity contribution in [1.82, 2.24) is 19.7 Å². The Morgan fingerprint density at radius 2 is 2.00 bits per heavy atom. The number of rotatable bonds is 6. The summed E-state index contributed by atoms with van der Waals surface area (Å²) in [5.41, 5.74) is 9.01. The van der Waals surface area contributed by atoms with Gasteiger partial charge < -0.3 is 10.6 Å². The highest BCUT2D eigenvalue weighted by Crippen LogP contribution is 2.25. The minimum Gasteiger partial charge on any atom is -0.402 e. The van der Waals surface area contributed by atoms with Crippen LogP contribution in [-0.4, -0.2) is 89.4 Å². The summed E-state index contributed by atoms with van der Waals surface area (Å²) in [5, 5.41) is 0. The van der Waals surface area contributed by atoms with E-state index >= 15 is 0 Å². The monoisotopic (exact) mass is 424 g/mol. The zero-order chi connectivity index (χ0) is 21.8. The van der Waals surface area contributed by atoms with Crippen LogP contribution >= 0.6 is 0 Å². The lowest BCUT2D eigenvalue weighted by Gasteiger charge is -2.43. The molecule has 0 spiro atoms. The SMILES string of the molecule is CC(=O)c1cc(N=CC2=C(N)CCN(CC(=O)N3CCN(C4CCC4)CC3)C2)ccn1. The van der Waals surface area contributed by atoms with E-state index in [0.29, 0.717) is 24.5 Å². The van der Waals surface area contributed by atoms with Crippen LogP contribution in [0.1, 0.15) is 43.1 Å². The van der Waals surface area contributed by atoms with Gasteiger partial charge in [-0.05, 0) is 25.0 Å². The molecule has 3 aliphatic rings. The minimum absolute atomic E-state index is 0.0911. The third kappa shape index (κ3) is 5.37. The van der Waals surface area contributed by atoms with Crippen molar-refractivity contribution in [1.29, 1.82) is 0 Å². The van der Waals surface area contributed by atoms with E-state index in [0.717, 1.165) is 56.5 Å². The molecule has 8 nitrogen and oxygen atoms in total. The van der Waals surface area contributed by atoms with E-state index in [-0.39, 0.29) is 11.7 Å². The molecule has 0 radical (unpaired) electrons. The molecule has 1 amide bonds. The zero-order valence-electron chi connectivity index (χ0n) is 18.3. The predicted molar refractivity (Wildman–Crippen MR) is 120 cm³/mol. The Labute approximate surface area is 183 Å². The van der Waals surface area contributed by atoms with Crippen LogP contribution in [-0.2, 0) is 4.79 Å². The summed E-state index contributed by atoms with van der Waals surface area (Å²) < 4.78 is 0. The smallest absolute Gasteiger partial charge is 0.236 e. The average Bonchev–Trinajstić information content (AvgIpc) is 2.73. The fraction of sp³-hybridized carbons (Fsp3) is 0.565. The number of Topliss-reactive ketones (excluding diaryl/α,β-unsaturated/α-hetero) is 1. The van der Waals surface area contributed by atoms with E-state index < -0.39 is 0 Å². The van der Waals surface area contributed by atoms with Gasteiger partial charge in [-0.25, -0.2) is 0 Å². The van der Waals surface area contributed by atoms with Gasteiger partial charge in [-0.3, -0.25) is 29.4 Å². The van der Waals surface area contributed by atoms with Crippen LogP contribution in [0.5, 0.6) is 0 Å². The van der Waals surface area contributed by atoms with Crippen LogP contribution in [0.25, 0.3) is 0 Å². The first-order valence-electron chi connectivity index (χ1n) is 11.2. The Hall–Kier alpha value is -2.58. The van der Waals surface area contributed by atoms with Crippen molar-refractivity contribution in [2.75, 3.05) is 45.8 Å². The molecule has 1 aliphatic carbocycles. The Kier molecular flexibility index (Phi) is 6.77. The van der Waals surface area contributed by atoms with Crippen LogP contribution in [0, 0.1) is 0 Å². The maximum atomic E-state index is 12.8. The molecule has 2 N–H and O–H groups in total. The number of aliphatic imine (C=N–C) groups is 1. The molecule has 0 aromatic carbocycles. The van der Waals surface area contributed by atoms with Crippen LogP contribution < -0.4 is 5.73 Å². The van der Waals surface area contributed by atoms with Crippen molar-refractivity contribution in [3.8, 4) is 0 Å². The van der Waals surface area contributed by atoms with Crippen molar-refractivity contribution >= 4 is 23.6 Å². The molecule has 1 saturated heterocycles. The molecule has 4 rings (SSSR count). The largest absolute Gasteiger partial charge is 0.402 e. The van der Waals surface area contributed by atoms with Gasteiger partial charge in [0.25, 0.3) is 0 Å². The molecule has 0 unspecified atom stereocenters. The van der Waals surface area contributed by atoms with Gasteiger partial charge >= 0.3 is 0 Å². The van der Waals surface area contributed by atoms with Gasteiger partial charge in [0.05, 0.1) is 12.2 Å². The summed E-state index contributed by atoms with van der Waals surface area (Å²) in [4.78, 5) is 39.6.